The number of aliphatic hydroxyl groups is 1. The second-order valence-corrected chi connectivity index (χ2v) is 7.46. The van der Waals surface area contributed by atoms with Crippen LogP contribution >= 0.6 is 0 Å². The van der Waals surface area contributed by atoms with Crippen LogP contribution in [0.25, 0.3) is 0 Å². The van der Waals surface area contributed by atoms with Crippen molar-refractivity contribution in [2.45, 2.75) is 76.4 Å². The Labute approximate surface area is 133 Å². The predicted molar refractivity (Wildman–Crippen MR) is 75.3 cm³/mol. The molecule has 6 unspecified atom stereocenters. The smallest absolute Gasteiger partial charge is 0.416 e. The first-order valence-electron chi connectivity index (χ1n) is 8.06. The lowest BCUT2D eigenvalue weighted by Gasteiger charge is -2.34. The molecule has 1 N–H and O–H groups in total. The number of hydrogen-bond donors (Lipinski definition) is 1. The van der Waals surface area contributed by atoms with E-state index in [9.17, 15) is 27.5 Å². The summed E-state index contributed by atoms with van der Waals surface area (Å²) >= 11 is 0. The van der Waals surface area contributed by atoms with Crippen molar-refractivity contribution in [1.29, 1.82) is 0 Å². The highest BCUT2D eigenvalue weighted by atomic mass is 19.4. The van der Waals surface area contributed by atoms with Gasteiger partial charge in [-0.2, -0.15) is 13.2 Å². The van der Waals surface area contributed by atoms with Gasteiger partial charge in [-0.15, -0.1) is 0 Å². The molecule has 0 aromatic carbocycles. The number of fused-ring (bicyclic) bond motifs is 2. The highest BCUT2D eigenvalue weighted by molar-refractivity contribution is 5.79. The molecule has 2 aliphatic carbocycles. The Bertz CT molecular complexity index is 459. The van der Waals surface area contributed by atoms with Gasteiger partial charge in [0.15, 0.2) is 5.60 Å². The second-order valence-electron chi connectivity index (χ2n) is 7.46. The highest BCUT2D eigenvalue weighted by Gasteiger charge is 2.55. The summed E-state index contributed by atoms with van der Waals surface area (Å²) in [6, 6.07) is 0. The van der Waals surface area contributed by atoms with E-state index in [1.807, 2.05) is 0 Å². The summed E-state index contributed by atoms with van der Waals surface area (Å²) in [5.74, 6) is -1.18. The van der Waals surface area contributed by atoms with Gasteiger partial charge >= 0.3 is 12.1 Å². The van der Waals surface area contributed by atoms with Gasteiger partial charge < -0.3 is 9.84 Å². The molecule has 0 aromatic heterocycles. The van der Waals surface area contributed by atoms with Crippen molar-refractivity contribution >= 4 is 5.97 Å². The number of rotatable bonds is 5. The van der Waals surface area contributed by atoms with Gasteiger partial charge in [0, 0.05) is 0 Å². The Morgan fingerprint density at radius 3 is 2.17 bits per heavy atom. The van der Waals surface area contributed by atoms with E-state index in [4.69, 9.17) is 4.74 Å². The van der Waals surface area contributed by atoms with Gasteiger partial charge in [0.05, 0.1) is 0 Å². The van der Waals surface area contributed by atoms with E-state index in [1.54, 1.807) is 6.92 Å². The monoisotopic (exact) mass is 340 g/mol. The van der Waals surface area contributed by atoms with Gasteiger partial charge in [0.2, 0.25) is 5.67 Å². The molecule has 23 heavy (non-hydrogen) atoms. The van der Waals surface area contributed by atoms with Gasteiger partial charge in [-0.25, -0.2) is 9.18 Å². The lowest BCUT2D eigenvalue weighted by Crippen LogP contribution is -2.45. The summed E-state index contributed by atoms with van der Waals surface area (Å²) in [7, 11) is 0. The first-order chi connectivity index (χ1) is 10.4. The minimum absolute atomic E-state index is 0.0147. The van der Waals surface area contributed by atoms with E-state index >= 15 is 0 Å². The fourth-order valence-corrected chi connectivity index (χ4v) is 3.77. The zero-order valence-electron chi connectivity index (χ0n) is 13.6. The SMILES string of the molecule is CCC(C)(F)C(=O)OC1CC2CC1CC2CC(C)(O)C(F)(F)F. The second kappa shape index (κ2) is 5.90. The van der Waals surface area contributed by atoms with Crippen molar-refractivity contribution in [1.82, 2.24) is 0 Å². The molecule has 0 amide bonds. The van der Waals surface area contributed by atoms with Crippen LogP contribution in [0.15, 0.2) is 0 Å². The molecular formula is C16H24F4O3. The number of carbonyl (C=O) groups excluding carboxylic acids is 1. The summed E-state index contributed by atoms with van der Waals surface area (Å²) in [6.45, 7) is 3.52. The molecule has 2 saturated carbocycles. The molecule has 0 heterocycles. The van der Waals surface area contributed by atoms with Gasteiger partial charge in [-0.05, 0) is 63.7 Å². The minimum atomic E-state index is -4.65. The first-order valence-corrected chi connectivity index (χ1v) is 8.06. The van der Waals surface area contributed by atoms with Crippen molar-refractivity contribution in [2.75, 3.05) is 0 Å². The molecule has 3 nitrogen and oxygen atoms in total. The van der Waals surface area contributed by atoms with Gasteiger partial charge in [0.25, 0.3) is 0 Å². The molecule has 0 aliphatic heterocycles. The average Bonchev–Trinajstić information content (AvgIpc) is 2.96. The Morgan fingerprint density at radius 2 is 1.74 bits per heavy atom. The van der Waals surface area contributed by atoms with Crippen LogP contribution in [0, 0.1) is 17.8 Å². The van der Waals surface area contributed by atoms with E-state index in [-0.39, 0.29) is 30.6 Å². The normalized spacial score (nSPS) is 35.7. The third-order valence-corrected chi connectivity index (χ3v) is 5.56. The van der Waals surface area contributed by atoms with Crippen LogP contribution in [0.5, 0.6) is 0 Å². The molecule has 0 saturated heterocycles. The van der Waals surface area contributed by atoms with Gasteiger partial charge in [-0.1, -0.05) is 6.92 Å². The van der Waals surface area contributed by atoms with E-state index in [2.05, 4.69) is 0 Å². The fraction of sp³-hybridized carbons (Fsp3) is 0.938. The maximum Gasteiger partial charge on any atom is 0.416 e. The summed E-state index contributed by atoms with van der Waals surface area (Å²) in [5, 5.41) is 9.63. The molecule has 0 radical (unpaired) electrons. The minimum Gasteiger partial charge on any atom is -0.460 e. The summed E-state index contributed by atoms with van der Waals surface area (Å²) in [6.07, 6.45) is -3.79. The quantitative estimate of drug-likeness (QED) is 0.612. The third kappa shape index (κ3) is 3.64. The summed E-state index contributed by atoms with van der Waals surface area (Å²) in [5.41, 5.74) is -4.73. The van der Waals surface area contributed by atoms with Crippen molar-refractivity contribution in [3.63, 3.8) is 0 Å². The molecule has 2 bridgehead atoms. The topological polar surface area (TPSA) is 46.5 Å². The Kier molecular flexibility index (Phi) is 4.74. The van der Waals surface area contributed by atoms with E-state index < -0.39 is 29.5 Å². The molecule has 0 aromatic rings. The lowest BCUT2D eigenvalue weighted by atomic mass is 9.80. The summed E-state index contributed by atoms with van der Waals surface area (Å²) < 4.78 is 57.5. The molecule has 6 atom stereocenters. The number of ether oxygens (including phenoxy) is 1. The number of halogens is 4. The van der Waals surface area contributed by atoms with E-state index in [1.165, 1.54) is 6.92 Å². The molecular weight excluding hydrogens is 316 g/mol. The van der Waals surface area contributed by atoms with E-state index in [0.29, 0.717) is 19.3 Å². The predicted octanol–water partition coefficient (Wildman–Crippen LogP) is 3.79. The first kappa shape index (κ1) is 18.5. The largest absolute Gasteiger partial charge is 0.460 e. The number of hydrogen-bond acceptors (Lipinski definition) is 3. The standard InChI is InChI=1S/C16H24F4O3/c1-4-14(2,17)13(21)23-12-7-9-5-10(12)6-11(9)8-15(3,22)16(18,19)20/h9-12,22H,4-8H2,1-3H3. The van der Waals surface area contributed by atoms with E-state index in [0.717, 1.165) is 6.92 Å². The third-order valence-electron chi connectivity index (χ3n) is 5.56. The Morgan fingerprint density at radius 1 is 1.13 bits per heavy atom. The van der Waals surface area contributed by atoms with Crippen molar-refractivity contribution in [2.24, 2.45) is 17.8 Å². The number of alkyl halides is 4. The molecule has 7 heteroatoms. The molecule has 134 valence electrons. The molecule has 0 spiro atoms. The maximum atomic E-state index is 13.9. The molecule has 2 rings (SSSR count). The highest BCUT2D eigenvalue weighted by Crippen LogP contribution is 2.53. The van der Waals surface area contributed by atoms with Gasteiger partial charge in [0.1, 0.15) is 6.10 Å². The van der Waals surface area contributed by atoms with Crippen LogP contribution in [-0.4, -0.2) is 34.6 Å². The van der Waals surface area contributed by atoms with Crippen LogP contribution in [-0.2, 0) is 9.53 Å². The number of esters is 1. The van der Waals surface area contributed by atoms with Crippen LogP contribution in [0.3, 0.4) is 0 Å². The Balaban J connectivity index is 1.92. The van der Waals surface area contributed by atoms with Crippen molar-refractivity contribution < 1.29 is 32.2 Å². The van der Waals surface area contributed by atoms with Crippen LogP contribution in [0.1, 0.15) is 52.9 Å². The zero-order valence-corrected chi connectivity index (χ0v) is 13.6. The van der Waals surface area contributed by atoms with Crippen LogP contribution < -0.4 is 0 Å². The lowest BCUT2D eigenvalue weighted by molar-refractivity contribution is -0.259. The summed E-state index contributed by atoms with van der Waals surface area (Å²) in [4.78, 5) is 11.8. The molecule has 2 aliphatic rings. The van der Waals surface area contributed by atoms with Crippen molar-refractivity contribution in [3.8, 4) is 0 Å². The van der Waals surface area contributed by atoms with Crippen molar-refractivity contribution in [3.05, 3.63) is 0 Å². The van der Waals surface area contributed by atoms with Crippen LogP contribution in [0.2, 0.25) is 0 Å². The van der Waals surface area contributed by atoms with Gasteiger partial charge in [-0.3, -0.25) is 0 Å². The van der Waals surface area contributed by atoms with Crippen LogP contribution in [0.4, 0.5) is 17.6 Å². The molecule has 2 fully saturated rings. The number of carbonyl (C=O) groups is 1. The fourth-order valence-electron chi connectivity index (χ4n) is 3.77. The average molecular weight is 340 g/mol. The maximum absolute atomic E-state index is 13.9. The zero-order chi connectivity index (χ0) is 17.6. The Hall–Kier alpha value is -0.850.